The number of unbranched alkanes of at least 4 members (excludes halogenated alkanes) is 8. The lowest BCUT2D eigenvalue weighted by molar-refractivity contribution is -0.147. The van der Waals surface area contributed by atoms with E-state index in [2.05, 4.69) is 165 Å². The molecule has 2 atom stereocenters. The molecular weight excluding hydrogens is 858 g/mol. The Morgan fingerprint density at radius 3 is 1.19 bits per heavy atom. The zero-order chi connectivity index (χ0) is 48.8. The number of carbonyl (C=O) groups is 2. The van der Waals surface area contributed by atoms with Crippen molar-refractivity contribution in [3.8, 4) is 0 Å². The maximum absolute atomic E-state index is 12.2. The Kier molecular flexibility index (Phi) is 48.1. The van der Waals surface area contributed by atoms with Crippen LogP contribution in [-0.2, 0) is 27.9 Å². The molecule has 376 valence electrons. The van der Waals surface area contributed by atoms with Crippen molar-refractivity contribution in [3.63, 3.8) is 0 Å². The molecule has 0 fully saturated rings. The molecule has 0 aliphatic heterocycles. The number of phosphoric ester groups is 1. The Morgan fingerprint density at radius 1 is 0.463 bits per heavy atom. The summed E-state index contributed by atoms with van der Waals surface area (Å²) in [6.07, 6.45) is 73.5. The van der Waals surface area contributed by atoms with E-state index in [1.165, 1.54) is 0 Å². The standard InChI is InChI=1S/C57H90NO8P/c1-3-5-7-9-11-13-15-17-19-21-23-25-27-29-31-33-35-37-39-41-43-45-47-49-56(60)58-51-52-65-67(62,63)66-54-55(59)53-64-57(61)50-48-46-44-42-40-38-36-34-32-30-28-26-24-22-20-18-16-14-12-10-8-6-4-2/h5-8,11-14,17-20,23-26,29-32,35-38,55,59H,3-4,9-10,15-16,21-22,27-28,33-34,39-54H2,1-2H3,(H,58,60)(H,62,63)/b7-5-,8-6-,13-11-,14-12-,19-17-,20-18-,25-23-,26-24-,31-29-,32-30-,37-35-,38-36-. The number of aliphatic hydroxyl groups excluding tert-OH is 1. The fourth-order valence-electron chi connectivity index (χ4n) is 6.03. The highest BCUT2D eigenvalue weighted by Gasteiger charge is 2.23. The predicted octanol–water partition coefficient (Wildman–Crippen LogP) is 15.2. The Hall–Kier alpha value is -4.11. The van der Waals surface area contributed by atoms with Gasteiger partial charge in [-0.1, -0.05) is 185 Å². The zero-order valence-electron chi connectivity index (χ0n) is 41.5. The van der Waals surface area contributed by atoms with Crippen molar-refractivity contribution in [2.45, 2.75) is 174 Å². The number of nitrogens with one attached hydrogen (secondary N) is 1. The van der Waals surface area contributed by atoms with E-state index in [-0.39, 0.29) is 32.1 Å². The first-order valence-electron chi connectivity index (χ1n) is 25.3. The van der Waals surface area contributed by atoms with Crippen LogP contribution >= 0.6 is 7.82 Å². The van der Waals surface area contributed by atoms with Gasteiger partial charge >= 0.3 is 13.8 Å². The van der Waals surface area contributed by atoms with Crippen molar-refractivity contribution in [2.75, 3.05) is 26.4 Å². The summed E-state index contributed by atoms with van der Waals surface area (Å²) in [7, 11) is -4.45. The second kappa shape index (κ2) is 51.3. The van der Waals surface area contributed by atoms with Gasteiger partial charge in [-0.3, -0.25) is 18.6 Å². The van der Waals surface area contributed by atoms with Crippen molar-refractivity contribution in [2.24, 2.45) is 0 Å². The highest BCUT2D eigenvalue weighted by atomic mass is 31.2. The number of carbonyl (C=O) groups excluding carboxylic acids is 2. The van der Waals surface area contributed by atoms with Gasteiger partial charge in [0.2, 0.25) is 5.91 Å². The molecule has 0 saturated heterocycles. The van der Waals surface area contributed by atoms with Crippen LogP contribution in [0.5, 0.6) is 0 Å². The van der Waals surface area contributed by atoms with E-state index in [4.69, 9.17) is 13.8 Å². The number of hydrogen-bond acceptors (Lipinski definition) is 7. The number of hydrogen-bond donors (Lipinski definition) is 3. The predicted molar refractivity (Wildman–Crippen MR) is 284 cm³/mol. The van der Waals surface area contributed by atoms with Crippen molar-refractivity contribution in [1.29, 1.82) is 0 Å². The van der Waals surface area contributed by atoms with E-state index in [1.54, 1.807) is 0 Å². The normalized spacial score (nSPS) is 14.4. The second-order valence-electron chi connectivity index (χ2n) is 16.0. The smallest absolute Gasteiger partial charge is 0.463 e. The van der Waals surface area contributed by atoms with Gasteiger partial charge < -0.3 is 20.1 Å². The van der Waals surface area contributed by atoms with E-state index < -0.39 is 26.5 Å². The minimum Gasteiger partial charge on any atom is -0.463 e. The van der Waals surface area contributed by atoms with Crippen LogP contribution in [0.4, 0.5) is 0 Å². The summed E-state index contributed by atoms with van der Waals surface area (Å²) < 4.78 is 27.0. The number of aliphatic hydroxyl groups is 1. The topological polar surface area (TPSA) is 131 Å². The van der Waals surface area contributed by atoms with Crippen LogP contribution in [-0.4, -0.2) is 54.3 Å². The first kappa shape index (κ1) is 62.9. The van der Waals surface area contributed by atoms with Gasteiger partial charge in [-0.25, -0.2) is 4.57 Å². The third-order valence-corrected chi connectivity index (χ3v) is 10.7. The Morgan fingerprint density at radius 2 is 0.806 bits per heavy atom. The number of esters is 1. The quantitative estimate of drug-likeness (QED) is 0.0238. The lowest BCUT2D eigenvalue weighted by Gasteiger charge is -2.15. The maximum Gasteiger partial charge on any atom is 0.472 e. The van der Waals surface area contributed by atoms with Gasteiger partial charge in [0.05, 0.1) is 13.2 Å². The molecule has 10 heteroatoms. The Balaban J connectivity index is 3.72. The molecule has 3 N–H and O–H groups in total. The lowest BCUT2D eigenvalue weighted by Crippen LogP contribution is -2.27. The first-order valence-corrected chi connectivity index (χ1v) is 26.8. The van der Waals surface area contributed by atoms with Gasteiger partial charge in [0.1, 0.15) is 12.7 Å². The highest BCUT2D eigenvalue weighted by molar-refractivity contribution is 7.47. The lowest BCUT2D eigenvalue weighted by atomic mass is 10.1. The van der Waals surface area contributed by atoms with E-state index in [9.17, 15) is 24.2 Å². The van der Waals surface area contributed by atoms with Crippen LogP contribution in [0.3, 0.4) is 0 Å². The molecule has 0 aromatic rings. The molecule has 0 saturated carbocycles. The SMILES string of the molecule is CC/C=C\C/C=C\C/C=C\C/C=C\C/C=C\C/C=C\CCCCCCC(=O)NCCOP(=O)(O)OCC(O)COC(=O)CCCCCC/C=C\C/C=C\C/C=C\C/C=C\C/C=C\C/C=C\CC. The largest absolute Gasteiger partial charge is 0.472 e. The molecule has 0 heterocycles. The monoisotopic (exact) mass is 948 g/mol. The molecule has 2 unspecified atom stereocenters. The summed E-state index contributed by atoms with van der Waals surface area (Å²) in [4.78, 5) is 34.1. The molecule has 0 aliphatic carbocycles. The van der Waals surface area contributed by atoms with Crippen LogP contribution in [0.15, 0.2) is 146 Å². The third-order valence-electron chi connectivity index (χ3n) is 9.76. The van der Waals surface area contributed by atoms with Crippen LogP contribution < -0.4 is 5.32 Å². The number of phosphoric acid groups is 1. The summed E-state index contributed by atoms with van der Waals surface area (Å²) >= 11 is 0. The third kappa shape index (κ3) is 52.7. The van der Waals surface area contributed by atoms with E-state index in [0.29, 0.717) is 12.8 Å². The maximum atomic E-state index is 12.2. The molecule has 0 radical (unpaired) electrons. The number of allylic oxidation sites excluding steroid dienone is 24. The van der Waals surface area contributed by atoms with Gasteiger partial charge in [0.15, 0.2) is 0 Å². The van der Waals surface area contributed by atoms with Crippen molar-refractivity contribution >= 4 is 19.7 Å². The van der Waals surface area contributed by atoms with Crippen LogP contribution in [0.25, 0.3) is 0 Å². The van der Waals surface area contributed by atoms with Gasteiger partial charge in [0, 0.05) is 19.4 Å². The van der Waals surface area contributed by atoms with Crippen molar-refractivity contribution in [3.05, 3.63) is 146 Å². The molecule has 67 heavy (non-hydrogen) atoms. The molecule has 0 rings (SSSR count). The highest BCUT2D eigenvalue weighted by Crippen LogP contribution is 2.42. The molecule has 0 aromatic heterocycles. The van der Waals surface area contributed by atoms with Gasteiger partial charge in [-0.2, -0.15) is 0 Å². The van der Waals surface area contributed by atoms with Crippen molar-refractivity contribution in [1.82, 2.24) is 5.32 Å². The average Bonchev–Trinajstić information content (AvgIpc) is 3.32. The average molecular weight is 948 g/mol. The van der Waals surface area contributed by atoms with E-state index >= 15 is 0 Å². The number of amides is 1. The Labute approximate surface area is 407 Å². The zero-order valence-corrected chi connectivity index (χ0v) is 42.4. The van der Waals surface area contributed by atoms with E-state index in [1.807, 2.05) is 0 Å². The summed E-state index contributed by atoms with van der Waals surface area (Å²) in [6.45, 7) is 3.24. The summed E-state index contributed by atoms with van der Waals surface area (Å²) in [5.41, 5.74) is 0. The van der Waals surface area contributed by atoms with Gasteiger partial charge in [0.25, 0.3) is 0 Å². The molecule has 0 aromatic carbocycles. The summed E-state index contributed by atoms with van der Waals surface area (Å²) in [6, 6.07) is 0. The van der Waals surface area contributed by atoms with Crippen LogP contribution in [0.2, 0.25) is 0 Å². The number of ether oxygens (including phenoxy) is 1. The molecular formula is C57H90NO8P. The minimum absolute atomic E-state index is 0.0537. The van der Waals surface area contributed by atoms with E-state index in [0.717, 1.165) is 135 Å². The summed E-state index contributed by atoms with van der Waals surface area (Å²) in [5, 5.41) is 12.7. The Bertz CT molecular complexity index is 1600. The molecule has 0 aliphatic rings. The fourth-order valence-corrected chi connectivity index (χ4v) is 6.79. The second-order valence-corrected chi connectivity index (χ2v) is 17.5. The fraction of sp³-hybridized carbons (Fsp3) is 0.544. The molecule has 0 bridgehead atoms. The summed E-state index contributed by atoms with van der Waals surface area (Å²) in [5.74, 6) is -0.580. The number of rotatable bonds is 45. The van der Waals surface area contributed by atoms with Crippen LogP contribution in [0.1, 0.15) is 168 Å². The van der Waals surface area contributed by atoms with Gasteiger partial charge in [-0.05, 0) is 116 Å². The van der Waals surface area contributed by atoms with Gasteiger partial charge in [-0.15, -0.1) is 0 Å². The minimum atomic E-state index is -4.45. The molecule has 0 spiro atoms. The first-order chi connectivity index (χ1) is 32.8. The molecule has 1 amide bonds. The van der Waals surface area contributed by atoms with Crippen LogP contribution in [0, 0.1) is 0 Å². The van der Waals surface area contributed by atoms with Crippen molar-refractivity contribution < 1.29 is 37.9 Å². The molecule has 9 nitrogen and oxygen atoms in total.